The minimum Gasteiger partial charge on any atom is -0.241 e. The molecule has 0 radical (unpaired) electrons. The van der Waals surface area contributed by atoms with Gasteiger partial charge in [-0.25, -0.2) is 4.98 Å². The van der Waals surface area contributed by atoms with E-state index in [2.05, 4.69) is 52.1 Å². The van der Waals surface area contributed by atoms with Gasteiger partial charge in [0.2, 0.25) is 0 Å². The van der Waals surface area contributed by atoms with Gasteiger partial charge in [-0.05, 0) is 30.7 Å². The number of thiazole rings is 1. The average Bonchev–Trinajstić information content (AvgIpc) is 2.83. The van der Waals surface area contributed by atoms with E-state index < -0.39 is 0 Å². The fourth-order valence-electron chi connectivity index (χ4n) is 2.17. The molecule has 1 nitrogen and oxygen atoms in total. The Morgan fingerprint density at radius 3 is 2.85 bits per heavy atom. The molecule has 1 heterocycles. The third-order valence-electron chi connectivity index (χ3n) is 3.18. The van der Waals surface area contributed by atoms with Crippen molar-refractivity contribution in [1.29, 1.82) is 0 Å². The quantitative estimate of drug-likeness (QED) is 0.527. The van der Waals surface area contributed by atoms with Crippen LogP contribution in [-0.2, 0) is 6.42 Å². The third kappa shape index (κ3) is 2.90. The van der Waals surface area contributed by atoms with E-state index in [9.17, 15) is 0 Å². The Labute approximate surface area is 135 Å². The highest BCUT2D eigenvalue weighted by atomic mass is 79.9. The Hall–Kier alpha value is -0.900. The molecule has 3 aromatic rings. The Morgan fingerprint density at radius 2 is 2.05 bits per heavy atom. The van der Waals surface area contributed by atoms with Crippen molar-refractivity contribution in [2.45, 2.75) is 18.7 Å². The number of rotatable bonds is 3. The van der Waals surface area contributed by atoms with Crippen molar-refractivity contribution in [2.75, 3.05) is 0 Å². The Morgan fingerprint density at radius 1 is 1.25 bits per heavy atom. The van der Waals surface area contributed by atoms with Crippen LogP contribution in [0.4, 0.5) is 0 Å². The highest BCUT2D eigenvalue weighted by Gasteiger charge is 2.15. The molecule has 102 valence electrons. The maximum absolute atomic E-state index is 6.58. The fraction of sp³-hybridized carbons (Fsp3) is 0.188. The molecule has 0 aliphatic heterocycles. The predicted molar refractivity (Wildman–Crippen MR) is 90.8 cm³/mol. The summed E-state index contributed by atoms with van der Waals surface area (Å²) < 4.78 is 2.28. The molecule has 3 rings (SSSR count). The largest absolute Gasteiger partial charge is 0.241 e. The van der Waals surface area contributed by atoms with Gasteiger partial charge in [0.1, 0.15) is 0 Å². The summed E-state index contributed by atoms with van der Waals surface area (Å²) in [7, 11) is 0. The molecule has 0 spiro atoms. The number of para-hydroxylation sites is 1. The van der Waals surface area contributed by atoms with Gasteiger partial charge in [-0.3, -0.25) is 0 Å². The second kappa shape index (κ2) is 5.84. The van der Waals surface area contributed by atoms with Crippen LogP contribution in [0, 0.1) is 6.92 Å². The van der Waals surface area contributed by atoms with Gasteiger partial charge in [0.15, 0.2) is 0 Å². The van der Waals surface area contributed by atoms with Crippen LogP contribution in [0.2, 0.25) is 0 Å². The van der Waals surface area contributed by atoms with Gasteiger partial charge in [-0.15, -0.1) is 22.9 Å². The lowest BCUT2D eigenvalue weighted by Crippen LogP contribution is -1.97. The molecular formula is C16H13BrClNS. The molecule has 0 saturated carbocycles. The van der Waals surface area contributed by atoms with E-state index in [0.717, 1.165) is 27.0 Å². The molecule has 20 heavy (non-hydrogen) atoms. The molecule has 2 aromatic carbocycles. The Bertz CT molecular complexity index is 720. The number of aromatic nitrogens is 1. The van der Waals surface area contributed by atoms with Crippen molar-refractivity contribution >= 4 is 49.1 Å². The van der Waals surface area contributed by atoms with Gasteiger partial charge in [-0.1, -0.05) is 45.8 Å². The zero-order valence-corrected chi connectivity index (χ0v) is 14.1. The maximum atomic E-state index is 6.58. The van der Waals surface area contributed by atoms with Gasteiger partial charge in [0.25, 0.3) is 0 Å². The van der Waals surface area contributed by atoms with Crippen LogP contribution in [-0.4, -0.2) is 4.98 Å². The van der Waals surface area contributed by atoms with Crippen molar-refractivity contribution in [3.05, 3.63) is 63.1 Å². The first kappa shape index (κ1) is 14.1. The molecule has 0 amide bonds. The topological polar surface area (TPSA) is 12.9 Å². The van der Waals surface area contributed by atoms with Crippen LogP contribution >= 0.6 is 38.9 Å². The maximum Gasteiger partial charge on any atom is 0.0956 e. The third-order valence-corrected chi connectivity index (χ3v) is 5.35. The van der Waals surface area contributed by atoms with Gasteiger partial charge >= 0.3 is 0 Å². The van der Waals surface area contributed by atoms with E-state index >= 15 is 0 Å². The molecule has 0 bridgehead atoms. The minimum atomic E-state index is -0.0650. The van der Waals surface area contributed by atoms with Crippen molar-refractivity contribution in [3.8, 4) is 0 Å². The van der Waals surface area contributed by atoms with E-state index in [1.165, 1.54) is 10.3 Å². The molecule has 0 fully saturated rings. The molecule has 0 aliphatic rings. The molecule has 4 heteroatoms. The second-order valence-corrected chi connectivity index (χ2v) is 7.27. The summed E-state index contributed by atoms with van der Waals surface area (Å²) in [6.45, 7) is 2.08. The highest BCUT2D eigenvalue weighted by molar-refractivity contribution is 9.10. The average molecular weight is 367 g/mol. The Kier molecular flexibility index (Phi) is 4.11. The number of hydrogen-bond acceptors (Lipinski definition) is 2. The fourth-order valence-corrected chi connectivity index (χ4v) is 4.26. The first-order chi connectivity index (χ1) is 9.63. The van der Waals surface area contributed by atoms with Crippen molar-refractivity contribution < 1.29 is 0 Å². The molecule has 0 saturated heterocycles. The first-order valence-corrected chi connectivity index (χ1v) is 8.42. The van der Waals surface area contributed by atoms with E-state index in [1.54, 1.807) is 11.3 Å². The summed E-state index contributed by atoms with van der Waals surface area (Å²) in [5.41, 5.74) is 3.41. The highest BCUT2D eigenvalue weighted by Crippen LogP contribution is 2.33. The van der Waals surface area contributed by atoms with Crippen LogP contribution in [0.25, 0.3) is 10.2 Å². The van der Waals surface area contributed by atoms with Gasteiger partial charge in [0.05, 0.1) is 20.6 Å². The smallest absolute Gasteiger partial charge is 0.0956 e. The molecule has 1 aromatic heterocycles. The number of fused-ring (bicyclic) bond motifs is 1. The summed E-state index contributed by atoms with van der Waals surface area (Å²) in [6.07, 6.45) is 0.753. The van der Waals surface area contributed by atoms with Gasteiger partial charge < -0.3 is 0 Å². The van der Waals surface area contributed by atoms with Crippen molar-refractivity contribution in [2.24, 2.45) is 0 Å². The van der Waals surface area contributed by atoms with Crippen LogP contribution in [0.15, 0.2) is 46.9 Å². The normalized spacial score (nSPS) is 12.8. The van der Waals surface area contributed by atoms with E-state index in [1.807, 2.05) is 18.2 Å². The van der Waals surface area contributed by atoms with Crippen LogP contribution in [0.3, 0.4) is 0 Å². The van der Waals surface area contributed by atoms with Gasteiger partial charge in [-0.2, -0.15) is 0 Å². The van der Waals surface area contributed by atoms with E-state index in [0.29, 0.717) is 0 Å². The van der Waals surface area contributed by atoms with Crippen LogP contribution in [0.5, 0.6) is 0 Å². The predicted octanol–water partition coefficient (Wildman–Crippen LogP) is 5.89. The number of benzene rings is 2. The molecule has 0 aliphatic carbocycles. The number of halogens is 2. The lowest BCUT2D eigenvalue weighted by Gasteiger charge is -2.11. The van der Waals surface area contributed by atoms with E-state index in [-0.39, 0.29) is 5.38 Å². The second-order valence-electron chi connectivity index (χ2n) is 4.77. The number of nitrogens with zero attached hydrogens (tertiary/aromatic N) is 1. The monoisotopic (exact) mass is 365 g/mol. The van der Waals surface area contributed by atoms with Crippen molar-refractivity contribution in [3.63, 3.8) is 0 Å². The summed E-state index contributed by atoms with van der Waals surface area (Å²) >= 11 is 11.9. The lowest BCUT2D eigenvalue weighted by atomic mass is 10.1. The van der Waals surface area contributed by atoms with Crippen LogP contribution < -0.4 is 0 Å². The molecule has 1 atom stereocenters. The SMILES string of the molecule is Cc1ccc(Br)c(C(Cl)Cc2nc3ccccc3s2)c1. The van der Waals surface area contributed by atoms with E-state index in [4.69, 9.17) is 11.6 Å². The molecule has 0 N–H and O–H groups in total. The molecule has 1 unspecified atom stereocenters. The van der Waals surface area contributed by atoms with Crippen LogP contribution in [0.1, 0.15) is 21.5 Å². The number of alkyl halides is 1. The lowest BCUT2D eigenvalue weighted by molar-refractivity contribution is 0.904. The van der Waals surface area contributed by atoms with Gasteiger partial charge in [0, 0.05) is 10.9 Å². The minimum absolute atomic E-state index is 0.0650. The summed E-state index contributed by atoms with van der Waals surface area (Å²) in [6, 6.07) is 14.5. The summed E-state index contributed by atoms with van der Waals surface area (Å²) in [5, 5.41) is 1.02. The standard InChI is InChI=1S/C16H13BrClNS/c1-10-6-7-12(17)11(8-10)13(18)9-16-19-14-4-2-3-5-15(14)20-16/h2-8,13H,9H2,1H3. The zero-order valence-electron chi connectivity index (χ0n) is 10.9. The number of aryl methyl sites for hydroxylation is 1. The summed E-state index contributed by atoms with van der Waals surface area (Å²) in [4.78, 5) is 4.65. The molecular weight excluding hydrogens is 354 g/mol. The number of hydrogen-bond donors (Lipinski definition) is 0. The van der Waals surface area contributed by atoms with Crippen molar-refractivity contribution in [1.82, 2.24) is 4.98 Å². The summed E-state index contributed by atoms with van der Waals surface area (Å²) in [5.74, 6) is 0. The first-order valence-electron chi connectivity index (χ1n) is 6.38. The Balaban J connectivity index is 1.88. The zero-order chi connectivity index (χ0) is 14.1.